The first kappa shape index (κ1) is 13.4. The first-order chi connectivity index (χ1) is 8.56. The van der Waals surface area contributed by atoms with E-state index >= 15 is 0 Å². The van der Waals surface area contributed by atoms with Crippen LogP contribution in [0, 0.1) is 0 Å². The highest BCUT2D eigenvalue weighted by Crippen LogP contribution is 2.13. The van der Waals surface area contributed by atoms with Crippen LogP contribution in [0.1, 0.15) is 12.5 Å². The second-order valence-electron chi connectivity index (χ2n) is 5.00. The molecule has 1 atom stereocenters. The third kappa shape index (κ3) is 3.24. The van der Waals surface area contributed by atoms with Gasteiger partial charge in [-0.2, -0.15) is 0 Å². The molecule has 98 valence electrons. The average Bonchev–Trinajstić information content (AvgIpc) is 2.32. The van der Waals surface area contributed by atoms with E-state index in [2.05, 4.69) is 18.9 Å². The van der Waals surface area contributed by atoms with Gasteiger partial charge in [0.1, 0.15) is 0 Å². The van der Waals surface area contributed by atoms with E-state index in [-0.39, 0.29) is 5.91 Å². The van der Waals surface area contributed by atoms with Gasteiger partial charge in [0.2, 0.25) is 5.91 Å². The fraction of sp³-hybridized carbons (Fsp3) is 0.500. The molecule has 0 aromatic heterocycles. The zero-order valence-electron chi connectivity index (χ0n) is 10.9. The van der Waals surface area contributed by atoms with Crippen LogP contribution in [0.15, 0.2) is 24.3 Å². The monoisotopic (exact) mass is 266 g/mol. The van der Waals surface area contributed by atoms with Crippen LogP contribution in [-0.4, -0.2) is 48.4 Å². The molecule has 0 radical (unpaired) electrons. The average molecular weight is 267 g/mol. The molecule has 2 rings (SSSR count). The van der Waals surface area contributed by atoms with Gasteiger partial charge in [0, 0.05) is 30.7 Å². The highest BCUT2D eigenvalue weighted by atomic mass is 35.5. The van der Waals surface area contributed by atoms with E-state index in [4.69, 9.17) is 11.6 Å². The minimum atomic E-state index is 0.206. The molecule has 4 heteroatoms. The molecule has 18 heavy (non-hydrogen) atoms. The first-order valence-corrected chi connectivity index (χ1v) is 6.66. The molecule has 1 aromatic carbocycles. The van der Waals surface area contributed by atoms with Gasteiger partial charge in [-0.05, 0) is 31.7 Å². The molecule has 1 aromatic rings. The fourth-order valence-electron chi connectivity index (χ4n) is 2.39. The van der Waals surface area contributed by atoms with Crippen LogP contribution in [0.25, 0.3) is 0 Å². The second kappa shape index (κ2) is 5.72. The Labute approximate surface area is 113 Å². The van der Waals surface area contributed by atoms with Gasteiger partial charge in [0.25, 0.3) is 0 Å². The van der Waals surface area contributed by atoms with E-state index in [1.54, 1.807) is 0 Å². The SMILES string of the molecule is CC1CN(C)CCN1C(=O)Cc1ccc(Cl)cc1. The molecule has 3 nitrogen and oxygen atoms in total. The normalized spacial score (nSPS) is 21.1. The molecule has 0 spiro atoms. The van der Waals surface area contributed by atoms with E-state index in [9.17, 15) is 4.79 Å². The number of hydrogen-bond acceptors (Lipinski definition) is 2. The van der Waals surface area contributed by atoms with Gasteiger partial charge >= 0.3 is 0 Å². The molecular weight excluding hydrogens is 248 g/mol. The minimum absolute atomic E-state index is 0.206. The van der Waals surface area contributed by atoms with Crippen molar-refractivity contribution in [1.82, 2.24) is 9.80 Å². The van der Waals surface area contributed by atoms with Gasteiger partial charge < -0.3 is 9.80 Å². The first-order valence-electron chi connectivity index (χ1n) is 6.28. The Bertz CT molecular complexity index is 418. The Morgan fingerprint density at radius 2 is 2.00 bits per heavy atom. The van der Waals surface area contributed by atoms with Crippen molar-refractivity contribution < 1.29 is 4.79 Å². The molecule has 1 amide bonds. The van der Waals surface area contributed by atoms with Crippen molar-refractivity contribution >= 4 is 17.5 Å². The molecule has 1 aliphatic rings. The van der Waals surface area contributed by atoms with Crippen LogP contribution >= 0.6 is 11.6 Å². The number of amides is 1. The topological polar surface area (TPSA) is 23.6 Å². The van der Waals surface area contributed by atoms with Gasteiger partial charge in [-0.3, -0.25) is 4.79 Å². The smallest absolute Gasteiger partial charge is 0.227 e. The van der Waals surface area contributed by atoms with Crippen LogP contribution in [0.4, 0.5) is 0 Å². The summed E-state index contributed by atoms with van der Waals surface area (Å²) in [5, 5.41) is 0.708. The van der Waals surface area contributed by atoms with Crippen molar-refractivity contribution in [3.8, 4) is 0 Å². The number of carbonyl (C=O) groups excluding carboxylic acids is 1. The van der Waals surface area contributed by atoms with Crippen molar-refractivity contribution in [3.63, 3.8) is 0 Å². The molecule has 1 saturated heterocycles. The highest BCUT2D eigenvalue weighted by Gasteiger charge is 2.25. The van der Waals surface area contributed by atoms with E-state index in [0.29, 0.717) is 17.5 Å². The maximum atomic E-state index is 12.2. The number of likely N-dealkylation sites (N-methyl/N-ethyl adjacent to an activating group) is 1. The minimum Gasteiger partial charge on any atom is -0.337 e. The van der Waals surface area contributed by atoms with Gasteiger partial charge in [0.15, 0.2) is 0 Å². The summed E-state index contributed by atoms with van der Waals surface area (Å²) in [6.45, 7) is 4.84. The Kier molecular flexibility index (Phi) is 4.25. The molecule has 0 N–H and O–H groups in total. The van der Waals surface area contributed by atoms with E-state index < -0.39 is 0 Å². The Morgan fingerprint density at radius 3 is 2.61 bits per heavy atom. The Hall–Kier alpha value is -1.06. The van der Waals surface area contributed by atoms with Crippen LogP contribution < -0.4 is 0 Å². The van der Waals surface area contributed by atoms with Gasteiger partial charge in [-0.15, -0.1) is 0 Å². The molecule has 1 unspecified atom stereocenters. The summed E-state index contributed by atoms with van der Waals surface area (Å²) in [5.74, 6) is 0.206. The zero-order valence-corrected chi connectivity index (χ0v) is 11.7. The van der Waals surface area contributed by atoms with Crippen LogP contribution in [0.5, 0.6) is 0 Å². The molecule has 1 aliphatic heterocycles. The fourth-order valence-corrected chi connectivity index (χ4v) is 2.51. The number of carbonyl (C=O) groups is 1. The number of piperazine rings is 1. The van der Waals surface area contributed by atoms with Crippen LogP contribution in [0.3, 0.4) is 0 Å². The second-order valence-corrected chi connectivity index (χ2v) is 5.44. The molecule has 1 fully saturated rings. The van der Waals surface area contributed by atoms with Crippen molar-refractivity contribution in [3.05, 3.63) is 34.9 Å². The summed E-state index contributed by atoms with van der Waals surface area (Å²) in [7, 11) is 2.09. The van der Waals surface area contributed by atoms with Gasteiger partial charge in [0.05, 0.1) is 6.42 Å². The number of hydrogen-bond donors (Lipinski definition) is 0. The summed E-state index contributed by atoms with van der Waals surface area (Å²) in [6.07, 6.45) is 0.464. The van der Waals surface area contributed by atoms with Crippen molar-refractivity contribution in [1.29, 1.82) is 0 Å². The van der Waals surface area contributed by atoms with Crippen molar-refractivity contribution in [2.75, 3.05) is 26.7 Å². The standard InChI is InChI=1S/C14H19ClN2O/c1-11-10-16(2)7-8-17(11)14(18)9-12-3-5-13(15)6-4-12/h3-6,11H,7-10H2,1-2H3. The summed E-state index contributed by atoms with van der Waals surface area (Å²) in [5.41, 5.74) is 1.02. The quantitative estimate of drug-likeness (QED) is 0.818. The van der Waals surface area contributed by atoms with E-state index in [0.717, 1.165) is 25.2 Å². The van der Waals surface area contributed by atoms with Crippen LogP contribution in [-0.2, 0) is 11.2 Å². The van der Waals surface area contributed by atoms with Crippen molar-refractivity contribution in [2.45, 2.75) is 19.4 Å². The molecule has 0 bridgehead atoms. The van der Waals surface area contributed by atoms with Gasteiger partial charge in [-0.1, -0.05) is 23.7 Å². The number of halogens is 1. The van der Waals surface area contributed by atoms with E-state index in [1.807, 2.05) is 29.2 Å². The summed E-state index contributed by atoms with van der Waals surface area (Å²) in [4.78, 5) is 16.5. The largest absolute Gasteiger partial charge is 0.337 e. The van der Waals surface area contributed by atoms with Gasteiger partial charge in [-0.25, -0.2) is 0 Å². The lowest BCUT2D eigenvalue weighted by molar-refractivity contribution is -0.134. The maximum Gasteiger partial charge on any atom is 0.227 e. The lowest BCUT2D eigenvalue weighted by atomic mass is 10.1. The molecule has 1 heterocycles. The highest BCUT2D eigenvalue weighted by molar-refractivity contribution is 6.30. The molecule has 0 saturated carbocycles. The predicted octanol–water partition coefficient (Wildman–Crippen LogP) is 2.04. The number of nitrogens with zero attached hydrogens (tertiary/aromatic N) is 2. The lowest BCUT2D eigenvalue weighted by Gasteiger charge is -2.38. The van der Waals surface area contributed by atoms with E-state index in [1.165, 1.54) is 0 Å². The maximum absolute atomic E-state index is 12.2. The number of rotatable bonds is 2. The third-order valence-electron chi connectivity index (χ3n) is 3.42. The Morgan fingerprint density at radius 1 is 1.33 bits per heavy atom. The summed E-state index contributed by atoms with van der Waals surface area (Å²) >= 11 is 5.84. The Balaban J connectivity index is 1.97. The van der Waals surface area contributed by atoms with Crippen molar-refractivity contribution in [2.24, 2.45) is 0 Å². The number of benzene rings is 1. The zero-order chi connectivity index (χ0) is 13.1. The molecule has 0 aliphatic carbocycles. The predicted molar refractivity (Wildman–Crippen MR) is 73.8 cm³/mol. The molecular formula is C14H19ClN2O. The summed E-state index contributed by atoms with van der Waals surface area (Å²) < 4.78 is 0. The van der Waals surface area contributed by atoms with Crippen LogP contribution in [0.2, 0.25) is 5.02 Å². The summed E-state index contributed by atoms with van der Waals surface area (Å²) in [6, 6.07) is 7.79. The lowest BCUT2D eigenvalue weighted by Crippen LogP contribution is -2.53. The third-order valence-corrected chi connectivity index (χ3v) is 3.67.